The minimum Gasteiger partial charge on any atom is -0.508 e. The molecule has 0 spiro atoms. The van der Waals surface area contributed by atoms with Gasteiger partial charge in [0.2, 0.25) is 5.88 Å². The first kappa shape index (κ1) is 15.9. The highest BCUT2D eigenvalue weighted by atomic mass is 16.5. The van der Waals surface area contributed by atoms with Crippen molar-refractivity contribution in [3.8, 4) is 11.6 Å². The molecule has 0 atom stereocenters. The number of nitrogens with one attached hydrogen (secondary N) is 1. The Kier molecular flexibility index (Phi) is 4.64. The van der Waals surface area contributed by atoms with Gasteiger partial charge in [0.15, 0.2) is 0 Å². The number of rotatable bonds is 3. The van der Waals surface area contributed by atoms with E-state index in [0.29, 0.717) is 37.9 Å². The Bertz CT molecular complexity index is 716. The molecule has 0 saturated carbocycles. The fraction of sp³-hybridized carbons (Fsp3) is 0.312. The molecule has 2 N–H and O–H groups in total. The minimum absolute atomic E-state index is 0.202. The lowest BCUT2D eigenvalue weighted by Gasteiger charge is -2.36. The molecule has 1 aliphatic heterocycles. The van der Waals surface area contributed by atoms with Crippen LogP contribution in [0.3, 0.4) is 0 Å². The molecule has 1 aliphatic rings. The Morgan fingerprint density at radius 3 is 2.71 bits per heavy atom. The van der Waals surface area contributed by atoms with E-state index in [-0.39, 0.29) is 11.8 Å². The van der Waals surface area contributed by atoms with Gasteiger partial charge in [-0.2, -0.15) is 0 Å². The molecule has 2 heterocycles. The molecule has 8 nitrogen and oxygen atoms in total. The van der Waals surface area contributed by atoms with E-state index >= 15 is 0 Å². The molecule has 2 amide bonds. The molecule has 2 aromatic rings. The van der Waals surface area contributed by atoms with Gasteiger partial charge in [-0.05, 0) is 12.1 Å². The number of urea groups is 1. The summed E-state index contributed by atoms with van der Waals surface area (Å²) >= 11 is 0. The number of carbonyl (C=O) groups is 1. The van der Waals surface area contributed by atoms with Gasteiger partial charge >= 0.3 is 6.03 Å². The van der Waals surface area contributed by atoms with Gasteiger partial charge in [-0.3, -0.25) is 5.32 Å². The largest absolute Gasteiger partial charge is 0.508 e. The molecule has 0 bridgehead atoms. The zero-order valence-corrected chi connectivity index (χ0v) is 13.3. The van der Waals surface area contributed by atoms with Crippen molar-refractivity contribution in [1.29, 1.82) is 0 Å². The molecule has 1 aromatic carbocycles. The highest BCUT2D eigenvalue weighted by Gasteiger charge is 2.21. The monoisotopic (exact) mass is 329 g/mol. The number of nitrogens with zero attached hydrogens (tertiary/aromatic N) is 4. The first-order valence-electron chi connectivity index (χ1n) is 7.61. The van der Waals surface area contributed by atoms with E-state index < -0.39 is 0 Å². The molecule has 126 valence electrons. The zero-order valence-electron chi connectivity index (χ0n) is 13.3. The third-order valence-corrected chi connectivity index (χ3v) is 3.85. The average Bonchev–Trinajstić information content (AvgIpc) is 2.62. The molecular weight excluding hydrogens is 310 g/mol. The van der Waals surface area contributed by atoms with Gasteiger partial charge in [0.05, 0.1) is 7.11 Å². The van der Waals surface area contributed by atoms with Crippen molar-refractivity contribution < 1.29 is 14.6 Å². The van der Waals surface area contributed by atoms with Crippen molar-refractivity contribution in [2.75, 3.05) is 43.5 Å². The fourth-order valence-electron chi connectivity index (χ4n) is 2.57. The normalized spacial score (nSPS) is 14.4. The highest BCUT2D eigenvalue weighted by molar-refractivity contribution is 5.88. The maximum atomic E-state index is 12.3. The maximum Gasteiger partial charge on any atom is 0.323 e. The Hall–Kier alpha value is -3.03. The molecule has 0 unspecified atom stereocenters. The number of hydrogen-bond acceptors (Lipinski definition) is 6. The number of piperazine rings is 1. The molecule has 3 rings (SSSR count). The Morgan fingerprint density at radius 1 is 1.21 bits per heavy atom. The summed E-state index contributed by atoms with van der Waals surface area (Å²) in [5.74, 6) is 1.04. The predicted octanol–water partition coefficient (Wildman–Crippen LogP) is 1.54. The number of hydrogen-bond donors (Lipinski definition) is 2. The summed E-state index contributed by atoms with van der Waals surface area (Å²) in [6, 6.07) is 8.49. The van der Waals surface area contributed by atoms with Crippen LogP contribution in [0.5, 0.6) is 11.6 Å². The summed E-state index contributed by atoms with van der Waals surface area (Å²) in [5, 5.41) is 12.3. The van der Waals surface area contributed by atoms with E-state index in [1.807, 2.05) is 12.1 Å². The Labute approximate surface area is 139 Å². The number of anilines is 2. The SMILES string of the molecule is COc1cc(NC(=O)N2CCN(c3cccc(O)c3)CC2)ncn1. The zero-order chi connectivity index (χ0) is 16.9. The first-order chi connectivity index (χ1) is 11.7. The second kappa shape index (κ2) is 7.03. The summed E-state index contributed by atoms with van der Waals surface area (Å²) in [4.78, 5) is 24.1. The molecule has 0 radical (unpaired) electrons. The van der Waals surface area contributed by atoms with Crippen LogP contribution in [0.4, 0.5) is 16.3 Å². The van der Waals surface area contributed by atoms with Crippen molar-refractivity contribution in [3.63, 3.8) is 0 Å². The number of aromatic hydroxyl groups is 1. The molecule has 8 heteroatoms. The van der Waals surface area contributed by atoms with Crippen LogP contribution >= 0.6 is 0 Å². The lowest BCUT2D eigenvalue weighted by Crippen LogP contribution is -2.50. The lowest BCUT2D eigenvalue weighted by molar-refractivity contribution is 0.208. The molecule has 24 heavy (non-hydrogen) atoms. The van der Waals surface area contributed by atoms with Gasteiger partial charge < -0.3 is 19.6 Å². The van der Waals surface area contributed by atoms with E-state index in [9.17, 15) is 9.90 Å². The van der Waals surface area contributed by atoms with E-state index in [0.717, 1.165) is 5.69 Å². The fourth-order valence-corrected chi connectivity index (χ4v) is 2.57. The van der Waals surface area contributed by atoms with Crippen LogP contribution in [0.2, 0.25) is 0 Å². The van der Waals surface area contributed by atoms with Crippen LogP contribution in [0.15, 0.2) is 36.7 Å². The van der Waals surface area contributed by atoms with Crippen molar-refractivity contribution in [2.24, 2.45) is 0 Å². The number of phenols is 1. The van der Waals surface area contributed by atoms with Crippen molar-refractivity contribution in [2.45, 2.75) is 0 Å². The summed E-state index contributed by atoms with van der Waals surface area (Å²) in [6.07, 6.45) is 1.34. The van der Waals surface area contributed by atoms with Gasteiger partial charge in [0.1, 0.15) is 17.9 Å². The van der Waals surface area contributed by atoms with Gasteiger partial charge in [0.25, 0.3) is 0 Å². The van der Waals surface area contributed by atoms with Gasteiger partial charge in [0, 0.05) is 44.0 Å². The summed E-state index contributed by atoms with van der Waals surface area (Å²) in [7, 11) is 1.51. The first-order valence-corrected chi connectivity index (χ1v) is 7.61. The minimum atomic E-state index is -0.202. The number of benzene rings is 1. The molecule has 1 aromatic heterocycles. The second-order valence-corrected chi connectivity index (χ2v) is 5.37. The number of ether oxygens (including phenoxy) is 1. The second-order valence-electron chi connectivity index (χ2n) is 5.37. The van der Waals surface area contributed by atoms with Crippen LogP contribution in [-0.4, -0.2) is 59.3 Å². The number of methoxy groups -OCH3 is 1. The summed E-state index contributed by atoms with van der Waals surface area (Å²) in [5.41, 5.74) is 0.954. The quantitative estimate of drug-likeness (QED) is 0.888. The van der Waals surface area contributed by atoms with Crippen LogP contribution < -0.4 is 15.0 Å². The van der Waals surface area contributed by atoms with Crippen LogP contribution in [-0.2, 0) is 0 Å². The van der Waals surface area contributed by atoms with Crippen molar-refractivity contribution in [3.05, 3.63) is 36.7 Å². The average molecular weight is 329 g/mol. The Morgan fingerprint density at radius 2 is 2.00 bits per heavy atom. The molecule has 1 fully saturated rings. The number of phenolic OH excluding ortho intramolecular Hbond substituents is 1. The van der Waals surface area contributed by atoms with Crippen LogP contribution in [0, 0.1) is 0 Å². The topological polar surface area (TPSA) is 90.8 Å². The lowest BCUT2D eigenvalue weighted by atomic mass is 10.2. The van der Waals surface area contributed by atoms with Crippen molar-refractivity contribution >= 4 is 17.5 Å². The molecule has 1 saturated heterocycles. The standard InChI is InChI=1S/C16H19N5O3/c1-24-15-10-14(17-11-18-15)19-16(23)21-7-5-20(6-8-21)12-3-2-4-13(22)9-12/h2-4,9-11,22H,5-8H2,1H3,(H,17,18,19,23). The van der Waals surface area contributed by atoms with Crippen LogP contribution in [0.25, 0.3) is 0 Å². The summed E-state index contributed by atoms with van der Waals surface area (Å²) in [6.45, 7) is 2.57. The third kappa shape index (κ3) is 3.65. The number of amides is 2. The van der Waals surface area contributed by atoms with E-state index in [1.54, 1.807) is 23.1 Å². The van der Waals surface area contributed by atoms with E-state index in [2.05, 4.69) is 20.2 Å². The van der Waals surface area contributed by atoms with E-state index in [4.69, 9.17) is 4.74 Å². The van der Waals surface area contributed by atoms with Crippen LogP contribution in [0.1, 0.15) is 0 Å². The summed E-state index contributed by atoms with van der Waals surface area (Å²) < 4.78 is 5.01. The number of aromatic nitrogens is 2. The Balaban J connectivity index is 1.57. The predicted molar refractivity (Wildman–Crippen MR) is 89.5 cm³/mol. The van der Waals surface area contributed by atoms with Gasteiger partial charge in [-0.15, -0.1) is 0 Å². The van der Waals surface area contributed by atoms with Gasteiger partial charge in [-0.25, -0.2) is 14.8 Å². The molecule has 0 aliphatic carbocycles. The smallest absolute Gasteiger partial charge is 0.323 e. The highest BCUT2D eigenvalue weighted by Crippen LogP contribution is 2.21. The van der Waals surface area contributed by atoms with E-state index in [1.165, 1.54) is 13.4 Å². The maximum absolute atomic E-state index is 12.3. The number of carbonyl (C=O) groups excluding carboxylic acids is 1. The third-order valence-electron chi connectivity index (χ3n) is 3.85. The molecular formula is C16H19N5O3. The van der Waals surface area contributed by atoms with Crippen molar-refractivity contribution in [1.82, 2.24) is 14.9 Å². The van der Waals surface area contributed by atoms with Gasteiger partial charge in [-0.1, -0.05) is 6.07 Å².